The Kier molecular flexibility index (Phi) is 5.05. The first-order chi connectivity index (χ1) is 7.13. The van der Waals surface area contributed by atoms with Gasteiger partial charge >= 0.3 is 5.97 Å². The van der Waals surface area contributed by atoms with E-state index in [0.717, 1.165) is 14.5 Å². The van der Waals surface area contributed by atoms with E-state index in [9.17, 15) is 4.79 Å². The molecule has 1 rings (SSSR count). The minimum absolute atomic E-state index is 0.323. The summed E-state index contributed by atoms with van der Waals surface area (Å²) in [7, 11) is 0. The molecule has 0 heterocycles. The number of benzene rings is 1. The predicted molar refractivity (Wildman–Crippen MR) is 67.5 cm³/mol. The standard InChI is InChI=1S/C11H10Br2O2/c1-2-15-11(14)6-4-8-3-5-9(12)10(13)7-8/h3-7H,2H2,1H3. The van der Waals surface area contributed by atoms with E-state index >= 15 is 0 Å². The molecule has 0 aliphatic rings. The summed E-state index contributed by atoms with van der Waals surface area (Å²) in [6, 6.07) is 5.74. The number of halogens is 2. The summed E-state index contributed by atoms with van der Waals surface area (Å²) in [5.41, 5.74) is 0.943. The fourth-order valence-corrected chi connectivity index (χ4v) is 1.61. The molecule has 0 saturated heterocycles. The van der Waals surface area contributed by atoms with Crippen molar-refractivity contribution in [3.05, 3.63) is 38.8 Å². The zero-order valence-electron chi connectivity index (χ0n) is 8.17. The normalized spacial score (nSPS) is 10.6. The van der Waals surface area contributed by atoms with Gasteiger partial charge in [0.05, 0.1) is 6.61 Å². The molecule has 2 nitrogen and oxygen atoms in total. The van der Waals surface area contributed by atoms with Crippen LogP contribution in [0.3, 0.4) is 0 Å². The first-order valence-electron chi connectivity index (χ1n) is 4.43. The number of rotatable bonds is 3. The third-order valence-corrected chi connectivity index (χ3v) is 3.52. The number of ether oxygens (including phenoxy) is 1. The second-order valence-corrected chi connectivity index (χ2v) is 4.47. The van der Waals surface area contributed by atoms with Crippen LogP contribution in [-0.2, 0) is 9.53 Å². The third-order valence-electron chi connectivity index (χ3n) is 1.64. The summed E-state index contributed by atoms with van der Waals surface area (Å²) in [6.45, 7) is 2.18. The molecular formula is C11H10Br2O2. The number of carbonyl (C=O) groups is 1. The second kappa shape index (κ2) is 6.08. The lowest BCUT2D eigenvalue weighted by molar-refractivity contribution is -0.137. The molecule has 0 aliphatic heterocycles. The molecular weight excluding hydrogens is 324 g/mol. The molecule has 0 bridgehead atoms. The summed E-state index contributed by atoms with van der Waals surface area (Å²) in [5.74, 6) is -0.323. The first kappa shape index (κ1) is 12.5. The van der Waals surface area contributed by atoms with E-state index in [1.54, 1.807) is 13.0 Å². The Labute approximate surface area is 106 Å². The molecule has 0 amide bonds. The monoisotopic (exact) mass is 332 g/mol. The average molecular weight is 334 g/mol. The topological polar surface area (TPSA) is 26.3 Å². The van der Waals surface area contributed by atoms with E-state index in [4.69, 9.17) is 4.74 Å². The molecule has 4 heteroatoms. The minimum Gasteiger partial charge on any atom is -0.463 e. The third kappa shape index (κ3) is 4.18. The van der Waals surface area contributed by atoms with E-state index in [1.165, 1.54) is 6.08 Å². The van der Waals surface area contributed by atoms with Gasteiger partial charge in [-0.15, -0.1) is 0 Å². The van der Waals surface area contributed by atoms with Crippen molar-refractivity contribution in [3.8, 4) is 0 Å². The highest BCUT2D eigenvalue weighted by Gasteiger charge is 1.97. The second-order valence-electron chi connectivity index (χ2n) is 2.76. The molecule has 80 valence electrons. The van der Waals surface area contributed by atoms with Crippen LogP contribution in [0.4, 0.5) is 0 Å². The fourth-order valence-electron chi connectivity index (χ4n) is 0.971. The van der Waals surface area contributed by atoms with E-state index in [0.29, 0.717) is 6.61 Å². The highest BCUT2D eigenvalue weighted by Crippen LogP contribution is 2.24. The quantitative estimate of drug-likeness (QED) is 0.621. The van der Waals surface area contributed by atoms with E-state index in [1.807, 2.05) is 18.2 Å². The maximum atomic E-state index is 11.0. The number of hydrogen-bond donors (Lipinski definition) is 0. The SMILES string of the molecule is CCOC(=O)C=Cc1ccc(Br)c(Br)c1. The van der Waals surface area contributed by atoms with E-state index in [-0.39, 0.29) is 5.97 Å². The van der Waals surface area contributed by atoms with Crippen molar-refractivity contribution in [2.75, 3.05) is 6.61 Å². The van der Waals surface area contributed by atoms with E-state index in [2.05, 4.69) is 31.9 Å². The molecule has 0 aromatic heterocycles. The summed E-state index contributed by atoms with van der Waals surface area (Å²) >= 11 is 6.76. The van der Waals surface area contributed by atoms with Gasteiger partial charge in [-0.1, -0.05) is 6.07 Å². The maximum absolute atomic E-state index is 11.0. The maximum Gasteiger partial charge on any atom is 0.330 e. The van der Waals surface area contributed by atoms with Crippen molar-refractivity contribution in [1.82, 2.24) is 0 Å². The van der Waals surface area contributed by atoms with Crippen LogP contribution in [0.2, 0.25) is 0 Å². The van der Waals surface area contributed by atoms with Gasteiger partial charge in [0.25, 0.3) is 0 Å². The first-order valence-corrected chi connectivity index (χ1v) is 6.02. The molecule has 0 atom stereocenters. The van der Waals surface area contributed by atoms with Gasteiger partial charge in [-0.3, -0.25) is 0 Å². The Balaban J connectivity index is 2.72. The highest BCUT2D eigenvalue weighted by molar-refractivity contribution is 9.13. The Morgan fingerprint density at radius 1 is 1.40 bits per heavy atom. The van der Waals surface area contributed by atoms with Crippen LogP contribution in [0, 0.1) is 0 Å². The summed E-state index contributed by atoms with van der Waals surface area (Å²) < 4.78 is 6.71. The van der Waals surface area contributed by atoms with Gasteiger partial charge in [-0.2, -0.15) is 0 Å². The van der Waals surface area contributed by atoms with Crippen LogP contribution in [0.5, 0.6) is 0 Å². The van der Waals surface area contributed by atoms with Crippen molar-refractivity contribution in [3.63, 3.8) is 0 Å². The van der Waals surface area contributed by atoms with Crippen LogP contribution in [0.1, 0.15) is 12.5 Å². The lowest BCUT2D eigenvalue weighted by Gasteiger charge is -1.98. The van der Waals surface area contributed by atoms with Gasteiger partial charge in [0.1, 0.15) is 0 Å². The Morgan fingerprint density at radius 3 is 2.73 bits per heavy atom. The van der Waals surface area contributed by atoms with Crippen LogP contribution < -0.4 is 0 Å². The summed E-state index contributed by atoms with van der Waals surface area (Å²) in [6.07, 6.45) is 3.13. The van der Waals surface area contributed by atoms with Crippen molar-refractivity contribution in [2.45, 2.75) is 6.92 Å². The van der Waals surface area contributed by atoms with Crippen LogP contribution in [0.25, 0.3) is 6.08 Å². The lowest BCUT2D eigenvalue weighted by Crippen LogP contribution is -1.98. The fraction of sp³-hybridized carbons (Fsp3) is 0.182. The number of carbonyl (C=O) groups excluding carboxylic acids is 1. The van der Waals surface area contributed by atoms with Crippen molar-refractivity contribution >= 4 is 43.9 Å². The Hall–Kier alpha value is -0.610. The van der Waals surface area contributed by atoms with Gasteiger partial charge in [0, 0.05) is 15.0 Å². The predicted octanol–water partition coefficient (Wildman–Crippen LogP) is 3.79. The van der Waals surface area contributed by atoms with Crippen LogP contribution in [-0.4, -0.2) is 12.6 Å². The molecule has 0 fully saturated rings. The molecule has 1 aromatic carbocycles. The molecule has 0 radical (unpaired) electrons. The van der Waals surface area contributed by atoms with Crippen LogP contribution >= 0.6 is 31.9 Å². The Morgan fingerprint density at radius 2 is 2.13 bits per heavy atom. The van der Waals surface area contributed by atoms with Crippen molar-refractivity contribution in [1.29, 1.82) is 0 Å². The van der Waals surface area contributed by atoms with Crippen molar-refractivity contribution in [2.24, 2.45) is 0 Å². The smallest absolute Gasteiger partial charge is 0.330 e. The molecule has 0 saturated carbocycles. The number of esters is 1. The van der Waals surface area contributed by atoms with Gasteiger partial charge in [-0.05, 0) is 62.6 Å². The zero-order valence-corrected chi connectivity index (χ0v) is 11.3. The van der Waals surface area contributed by atoms with Crippen LogP contribution in [0.15, 0.2) is 33.2 Å². The molecule has 0 unspecified atom stereocenters. The van der Waals surface area contributed by atoms with E-state index < -0.39 is 0 Å². The van der Waals surface area contributed by atoms with Gasteiger partial charge in [-0.25, -0.2) is 4.79 Å². The largest absolute Gasteiger partial charge is 0.463 e. The highest BCUT2D eigenvalue weighted by atomic mass is 79.9. The van der Waals surface area contributed by atoms with Gasteiger partial charge < -0.3 is 4.74 Å². The van der Waals surface area contributed by atoms with Crippen molar-refractivity contribution < 1.29 is 9.53 Å². The van der Waals surface area contributed by atoms with Gasteiger partial charge in [0.15, 0.2) is 0 Å². The summed E-state index contributed by atoms with van der Waals surface area (Å²) in [5, 5.41) is 0. The molecule has 0 spiro atoms. The number of hydrogen-bond acceptors (Lipinski definition) is 2. The lowest BCUT2D eigenvalue weighted by atomic mass is 10.2. The molecule has 1 aromatic rings. The molecule has 0 aliphatic carbocycles. The minimum atomic E-state index is -0.323. The zero-order chi connectivity index (χ0) is 11.3. The molecule has 15 heavy (non-hydrogen) atoms. The Bertz CT molecular complexity index is 386. The summed E-state index contributed by atoms with van der Waals surface area (Å²) in [4.78, 5) is 11.0. The molecule has 0 N–H and O–H groups in total. The van der Waals surface area contributed by atoms with Gasteiger partial charge in [0.2, 0.25) is 0 Å². The average Bonchev–Trinajstić information content (AvgIpc) is 2.20.